The quantitative estimate of drug-likeness (QED) is 0.490. The van der Waals surface area contributed by atoms with Crippen LogP contribution in [0.25, 0.3) is 0 Å². The molecule has 0 fully saturated rings. The average molecular weight is 272 g/mol. The zero-order valence-corrected chi connectivity index (χ0v) is 11.4. The van der Waals surface area contributed by atoms with Crippen molar-refractivity contribution in [3.63, 3.8) is 0 Å². The molecule has 0 bridgehead atoms. The number of hydrogen-bond acceptors (Lipinski definition) is 4. The number of ether oxygens (including phenoxy) is 2. The smallest absolute Gasteiger partial charge is 0.342 e. The summed E-state index contributed by atoms with van der Waals surface area (Å²) in [4.78, 5) is 11.8. The van der Waals surface area contributed by atoms with Crippen LogP contribution in [0.3, 0.4) is 0 Å². The van der Waals surface area contributed by atoms with Gasteiger partial charge in [0.2, 0.25) is 0 Å². The van der Waals surface area contributed by atoms with Gasteiger partial charge in [-0.3, -0.25) is 0 Å². The van der Waals surface area contributed by atoms with Crippen molar-refractivity contribution in [2.24, 2.45) is 0 Å². The Morgan fingerprint density at radius 2 is 2.11 bits per heavy atom. The topological polar surface area (TPSA) is 61.5 Å². The summed E-state index contributed by atoms with van der Waals surface area (Å²) in [6.07, 6.45) is 1.89. The van der Waals surface area contributed by atoms with Gasteiger partial charge in [-0.05, 0) is 25.5 Å². The number of unbranched alkanes of at least 4 members (excludes halogenated alkanes) is 1. The van der Waals surface area contributed by atoms with Crippen molar-refractivity contribution in [1.29, 1.82) is 0 Å². The molecule has 0 saturated heterocycles. The third kappa shape index (κ3) is 3.81. The second-order valence-electron chi connectivity index (χ2n) is 3.80. The Morgan fingerprint density at radius 3 is 2.72 bits per heavy atom. The molecular weight excluding hydrogens is 254 g/mol. The van der Waals surface area contributed by atoms with Crippen molar-refractivity contribution < 1.29 is 14.3 Å². The lowest BCUT2D eigenvalue weighted by atomic mass is 10.1. The molecule has 5 heteroatoms. The molecule has 100 valence electrons. The first kappa shape index (κ1) is 14.6. The SMILES string of the molecule is CCCCOc1c(Cl)cc(N)cc1C(=O)OCC. The molecule has 2 N–H and O–H groups in total. The Bertz CT molecular complexity index is 421. The van der Waals surface area contributed by atoms with E-state index in [-0.39, 0.29) is 5.56 Å². The first-order valence-electron chi connectivity index (χ1n) is 5.99. The lowest BCUT2D eigenvalue weighted by Crippen LogP contribution is -2.09. The van der Waals surface area contributed by atoms with E-state index in [2.05, 4.69) is 6.92 Å². The van der Waals surface area contributed by atoms with Crippen LogP contribution in [-0.4, -0.2) is 19.2 Å². The van der Waals surface area contributed by atoms with E-state index < -0.39 is 5.97 Å². The van der Waals surface area contributed by atoms with Crippen LogP contribution in [0.5, 0.6) is 5.75 Å². The van der Waals surface area contributed by atoms with Crippen LogP contribution in [0.15, 0.2) is 12.1 Å². The molecule has 0 atom stereocenters. The molecule has 0 saturated carbocycles. The highest BCUT2D eigenvalue weighted by Crippen LogP contribution is 2.32. The zero-order chi connectivity index (χ0) is 13.5. The summed E-state index contributed by atoms with van der Waals surface area (Å²) in [6, 6.07) is 3.08. The fraction of sp³-hybridized carbons (Fsp3) is 0.462. The molecule has 0 aromatic heterocycles. The number of anilines is 1. The zero-order valence-electron chi connectivity index (χ0n) is 10.7. The minimum atomic E-state index is -0.474. The summed E-state index contributed by atoms with van der Waals surface area (Å²) in [5.41, 5.74) is 6.35. The summed E-state index contributed by atoms with van der Waals surface area (Å²) in [5, 5.41) is 0.328. The largest absolute Gasteiger partial charge is 0.491 e. The number of halogens is 1. The lowest BCUT2D eigenvalue weighted by molar-refractivity contribution is 0.0521. The predicted molar refractivity (Wildman–Crippen MR) is 72.2 cm³/mol. The fourth-order valence-corrected chi connectivity index (χ4v) is 1.72. The van der Waals surface area contributed by atoms with Crippen LogP contribution in [-0.2, 0) is 4.74 Å². The minimum absolute atomic E-state index is 0.276. The van der Waals surface area contributed by atoms with Gasteiger partial charge in [0.05, 0.1) is 18.2 Å². The molecule has 0 aliphatic heterocycles. The number of hydrogen-bond donors (Lipinski definition) is 1. The minimum Gasteiger partial charge on any atom is -0.491 e. The van der Waals surface area contributed by atoms with Gasteiger partial charge in [-0.25, -0.2) is 4.79 Å². The van der Waals surface area contributed by atoms with Crippen LogP contribution in [0.2, 0.25) is 5.02 Å². The maximum absolute atomic E-state index is 11.8. The average Bonchev–Trinajstić information content (AvgIpc) is 2.31. The van der Waals surface area contributed by atoms with Crippen LogP contribution in [0, 0.1) is 0 Å². The van der Waals surface area contributed by atoms with Gasteiger partial charge in [0.15, 0.2) is 5.75 Å². The summed E-state index contributed by atoms with van der Waals surface area (Å²) < 4.78 is 10.5. The number of benzene rings is 1. The fourth-order valence-electron chi connectivity index (χ4n) is 1.44. The highest BCUT2D eigenvalue weighted by molar-refractivity contribution is 6.33. The number of nitrogens with two attached hydrogens (primary N) is 1. The van der Waals surface area contributed by atoms with E-state index in [1.165, 1.54) is 6.07 Å². The Labute approximate surface area is 112 Å². The third-order valence-corrected chi connectivity index (χ3v) is 2.59. The van der Waals surface area contributed by atoms with Crippen LogP contribution in [0.4, 0.5) is 5.69 Å². The van der Waals surface area contributed by atoms with Gasteiger partial charge in [-0.15, -0.1) is 0 Å². The third-order valence-electron chi connectivity index (χ3n) is 2.31. The Hall–Kier alpha value is -1.42. The summed E-state index contributed by atoms with van der Waals surface area (Å²) >= 11 is 6.05. The van der Waals surface area contributed by atoms with Gasteiger partial charge in [-0.1, -0.05) is 24.9 Å². The molecule has 1 rings (SSSR count). The Kier molecular flexibility index (Phi) is 5.78. The summed E-state index contributed by atoms with van der Waals surface area (Å²) in [7, 11) is 0. The number of carbonyl (C=O) groups excluding carboxylic acids is 1. The van der Waals surface area contributed by atoms with E-state index in [0.29, 0.717) is 29.7 Å². The molecule has 0 spiro atoms. The molecule has 1 aromatic rings. The molecular formula is C13H18ClNO3. The molecule has 4 nitrogen and oxygen atoms in total. The van der Waals surface area contributed by atoms with E-state index in [1.807, 2.05) is 0 Å². The highest BCUT2D eigenvalue weighted by atomic mass is 35.5. The second kappa shape index (κ2) is 7.11. The van der Waals surface area contributed by atoms with Gasteiger partial charge in [-0.2, -0.15) is 0 Å². The molecule has 0 unspecified atom stereocenters. The summed E-state index contributed by atoms with van der Waals surface area (Å²) in [6.45, 7) is 4.59. The predicted octanol–water partition coefficient (Wildman–Crippen LogP) is 3.28. The van der Waals surface area contributed by atoms with Gasteiger partial charge in [0, 0.05) is 5.69 Å². The maximum atomic E-state index is 11.8. The van der Waals surface area contributed by atoms with Crippen molar-refractivity contribution >= 4 is 23.3 Å². The molecule has 0 aliphatic carbocycles. The second-order valence-corrected chi connectivity index (χ2v) is 4.21. The van der Waals surface area contributed by atoms with E-state index in [9.17, 15) is 4.79 Å². The standard InChI is InChI=1S/C13H18ClNO3/c1-3-5-6-18-12-10(13(16)17-4-2)7-9(15)8-11(12)14/h7-8H,3-6,15H2,1-2H3. The molecule has 0 heterocycles. The monoisotopic (exact) mass is 271 g/mol. The number of nitrogen functional groups attached to an aromatic ring is 1. The van der Waals surface area contributed by atoms with E-state index in [1.54, 1.807) is 13.0 Å². The molecule has 0 aliphatic rings. The summed E-state index contributed by atoms with van der Waals surface area (Å²) in [5.74, 6) is -0.129. The molecule has 18 heavy (non-hydrogen) atoms. The van der Waals surface area contributed by atoms with Crippen molar-refractivity contribution in [3.05, 3.63) is 22.7 Å². The van der Waals surface area contributed by atoms with Crippen molar-refractivity contribution in [3.8, 4) is 5.75 Å². The molecule has 0 radical (unpaired) electrons. The van der Waals surface area contributed by atoms with E-state index in [0.717, 1.165) is 12.8 Å². The Morgan fingerprint density at radius 1 is 1.39 bits per heavy atom. The first-order chi connectivity index (χ1) is 8.60. The lowest BCUT2D eigenvalue weighted by Gasteiger charge is -2.13. The van der Waals surface area contributed by atoms with Crippen molar-refractivity contribution in [1.82, 2.24) is 0 Å². The number of esters is 1. The van der Waals surface area contributed by atoms with Crippen LogP contribution < -0.4 is 10.5 Å². The highest BCUT2D eigenvalue weighted by Gasteiger charge is 2.18. The van der Waals surface area contributed by atoms with E-state index >= 15 is 0 Å². The maximum Gasteiger partial charge on any atom is 0.342 e. The van der Waals surface area contributed by atoms with E-state index in [4.69, 9.17) is 26.8 Å². The van der Waals surface area contributed by atoms with Crippen LogP contribution in [0.1, 0.15) is 37.0 Å². The van der Waals surface area contributed by atoms with Gasteiger partial charge in [0.25, 0.3) is 0 Å². The van der Waals surface area contributed by atoms with Crippen molar-refractivity contribution in [2.45, 2.75) is 26.7 Å². The van der Waals surface area contributed by atoms with Gasteiger partial charge < -0.3 is 15.2 Å². The van der Waals surface area contributed by atoms with Crippen LogP contribution >= 0.6 is 11.6 Å². The number of carbonyl (C=O) groups is 1. The van der Waals surface area contributed by atoms with Crippen molar-refractivity contribution in [2.75, 3.05) is 18.9 Å². The molecule has 1 aromatic carbocycles. The van der Waals surface area contributed by atoms with Gasteiger partial charge in [0.1, 0.15) is 5.56 Å². The Balaban J connectivity index is 3.00. The first-order valence-corrected chi connectivity index (χ1v) is 6.36. The van der Waals surface area contributed by atoms with Gasteiger partial charge >= 0.3 is 5.97 Å². The molecule has 0 amide bonds. The number of rotatable bonds is 6. The normalized spacial score (nSPS) is 10.2.